The lowest BCUT2D eigenvalue weighted by Gasteiger charge is -2.16. The Bertz CT molecular complexity index is 311. The van der Waals surface area contributed by atoms with Crippen molar-refractivity contribution in [2.75, 3.05) is 0 Å². The van der Waals surface area contributed by atoms with Crippen molar-refractivity contribution >= 4 is 0 Å². The van der Waals surface area contributed by atoms with E-state index in [0.717, 1.165) is 25.6 Å². The van der Waals surface area contributed by atoms with Gasteiger partial charge in [-0.05, 0) is 25.3 Å². The third kappa shape index (κ3) is 3.84. The van der Waals surface area contributed by atoms with Gasteiger partial charge in [-0.2, -0.15) is 5.10 Å². The highest BCUT2D eigenvalue weighted by molar-refractivity contribution is 5.00. The van der Waals surface area contributed by atoms with Crippen LogP contribution in [0.2, 0.25) is 0 Å². The van der Waals surface area contributed by atoms with Crippen LogP contribution in [0.15, 0.2) is 12.3 Å². The molecule has 1 aromatic heterocycles. The van der Waals surface area contributed by atoms with Gasteiger partial charge in [0.05, 0.1) is 5.69 Å². The van der Waals surface area contributed by atoms with Gasteiger partial charge in [0.1, 0.15) is 0 Å². The van der Waals surface area contributed by atoms with Gasteiger partial charge < -0.3 is 5.32 Å². The summed E-state index contributed by atoms with van der Waals surface area (Å²) in [4.78, 5) is 0. The van der Waals surface area contributed by atoms with Gasteiger partial charge in [0.2, 0.25) is 0 Å². The first kappa shape index (κ1) is 12.6. The minimum Gasteiger partial charge on any atom is -0.308 e. The van der Waals surface area contributed by atoms with E-state index < -0.39 is 0 Å². The summed E-state index contributed by atoms with van der Waals surface area (Å²) in [6, 6.07) is 2.86. The first-order chi connectivity index (χ1) is 8.40. The van der Waals surface area contributed by atoms with E-state index in [9.17, 15) is 0 Å². The summed E-state index contributed by atoms with van der Waals surface area (Å²) in [5.41, 5.74) is 1.33. The average molecular weight is 235 g/mol. The van der Waals surface area contributed by atoms with Crippen LogP contribution in [-0.4, -0.2) is 15.8 Å². The highest BCUT2D eigenvalue weighted by Crippen LogP contribution is 2.17. The lowest BCUT2D eigenvalue weighted by atomic mass is 10.1. The Morgan fingerprint density at radius 3 is 2.76 bits per heavy atom. The molecule has 0 spiro atoms. The number of rotatable bonds is 5. The van der Waals surface area contributed by atoms with Crippen molar-refractivity contribution in [2.24, 2.45) is 0 Å². The van der Waals surface area contributed by atoms with Crippen LogP contribution in [0, 0.1) is 0 Å². The predicted molar refractivity (Wildman–Crippen MR) is 70.8 cm³/mol. The maximum absolute atomic E-state index is 4.36. The van der Waals surface area contributed by atoms with Crippen LogP contribution in [0.1, 0.15) is 57.6 Å². The highest BCUT2D eigenvalue weighted by Gasteiger charge is 2.12. The Morgan fingerprint density at radius 2 is 2.06 bits per heavy atom. The minimum absolute atomic E-state index is 0.725. The van der Waals surface area contributed by atoms with Crippen molar-refractivity contribution < 1.29 is 0 Å². The molecule has 0 saturated heterocycles. The average Bonchev–Trinajstić information content (AvgIpc) is 2.63. The first-order valence-electron chi connectivity index (χ1n) is 7.14. The van der Waals surface area contributed by atoms with E-state index in [-0.39, 0.29) is 0 Å². The molecule has 0 amide bonds. The standard InChI is InChI=1S/C14H25N3/c1-2-11-17-14(9-10-16-17)12-15-13-7-5-3-4-6-8-13/h9-10,13,15H,2-8,11-12H2,1H3. The van der Waals surface area contributed by atoms with Crippen LogP contribution in [-0.2, 0) is 13.1 Å². The zero-order chi connectivity index (χ0) is 11.9. The van der Waals surface area contributed by atoms with Crippen molar-refractivity contribution in [1.82, 2.24) is 15.1 Å². The number of nitrogens with zero attached hydrogens (tertiary/aromatic N) is 2. The molecule has 0 aliphatic heterocycles. The fraction of sp³-hybridized carbons (Fsp3) is 0.786. The lowest BCUT2D eigenvalue weighted by Crippen LogP contribution is -2.29. The molecule has 1 aliphatic rings. The normalized spacial score (nSPS) is 18.2. The molecule has 0 bridgehead atoms. The van der Waals surface area contributed by atoms with Crippen molar-refractivity contribution in [1.29, 1.82) is 0 Å². The smallest absolute Gasteiger partial charge is 0.0522 e. The monoisotopic (exact) mass is 235 g/mol. The quantitative estimate of drug-likeness (QED) is 0.795. The number of aromatic nitrogens is 2. The summed E-state index contributed by atoms with van der Waals surface area (Å²) >= 11 is 0. The van der Waals surface area contributed by atoms with Gasteiger partial charge in [-0.25, -0.2) is 0 Å². The molecule has 1 fully saturated rings. The summed E-state index contributed by atoms with van der Waals surface area (Å²) < 4.78 is 2.13. The van der Waals surface area contributed by atoms with Crippen LogP contribution in [0.4, 0.5) is 0 Å². The molecule has 1 heterocycles. The molecule has 0 atom stereocenters. The molecule has 3 nitrogen and oxygen atoms in total. The van der Waals surface area contributed by atoms with Gasteiger partial charge in [-0.3, -0.25) is 4.68 Å². The minimum atomic E-state index is 0.725. The molecule has 0 unspecified atom stereocenters. The third-order valence-corrected chi connectivity index (χ3v) is 3.67. The van der Waals surface area contributed by atoms with E-state index in [1.54, 1.807) is 0 Å². The number of hydrogen-bond donors (Lipinski definition) is 1. The van der Waals surface area contributed by atoms with Crippen molar-refractivity contribution in [3.05, 3.63) is 18.0 Å². The van der Waals surface area contributed by atoms with Crippen LogP contribution >= 0.6 is 0 Å². The van der Waals surface area contributed by atoms with Gasteiger partial charge in [-0.15, -0.1) is 0 Å². The maximum atomic E-state index is 4.36. The topological polar surface area (TPSA) is 29.9 Å². The van der Waals surface area contributed by atoms with Crippen molar-refractivity contribution in [3.63, 3.8) is 0 Å². The molecule has 1 aromatic rings. The van der Waals surface area contributed by atoms with Crippen LogP contribution in [0.5, 0.6) is 0 Å². The molecule has 17 heavy (non-hydrogen) atoms. The van der Waals surface area contributed by atoms with Crippen molar-refractivity contribution in [3.8, 4) is 0 Å². The molecule has 0 radical (unpaired) electrons. The van der Waals surface area contributed by atoms with Crippen LogP contribution < -0.4 is 5.32 Å². The largest absolute Gasteiger partial charge is 0.308 e. The fourth-order valence-electron chi connectivity index (χ4n) is 2.66. The molecule has 1 saturated carbocycles. The van der Waals surface area contributed by atoms with E-state index in [1.807, 2.05) is 6.20 Å². The third-order valence-electron chi connectivity index (χ3n) is 3.67. The van der Waals surface area contributed by atoms with Gasteiger partial charge in [-0.1, -0.05) is 32.6 Å². The van der Waals surface area contributed by atoms with Gasteiger partial charge in [0, 0.05) is 25.3 Å². The molecular formula is C14H25N3. The second-order valence-electron chi connectivity index (χ2n) is 5.12. The second kappa shape index (κ2) is 6.80. The zero-order valence-corrected chi connectivity index (χ0v) is 11.0. The molecule has 96 valence electrons. The molecule has 3 heteroatoms. The molecule has 2 rings (SSSR count). The van der Waals surface area contributed by atoms with Crippen LogP contribution in [0.3, 0.4) is 0 Å². The van der Waals surface area contributed by atoms with E-state index in [4.69, 9.17) is 0 Å². The Hall–Kier alpha value is -0.830. The summed E-state index contributed by atoms with van der Waals surface area (Å²) in [6.07, 6.45) is 11.4. The van der Waals surface area contributed by atoms with Crippen LogP contribution in [0.25, 0.3) is 0 Å². The zero-order valence-electron chi connectivity index (χ0n) is 11.0. The maximum Gasteiger partial charge on any atom is 0.0522 e. The highest BCUT2D eigenvalue weighted by atomic mass is 15.3. The Labute approximate surface area is 105 Å². The Kier molecular flexibility index (Phi) is 5.05. The summed E-state index contributed by atoms with van der Waals surface area (Å²) in [5, 5.41) is 8.07. The van der Waals surface area contributed by atoms with E-state index in [2.05, 4.69) is 28.1 Å². The van der Waals surface area contributed by atoms with Crippen molar-refractivity contribution in [2.45, 2.75) is 71.0 Å². The van der Waals surface area contributed by atoms with Gasteiger partial charge in [0.25, 0.3) is 0 Å². The van der Waals surface area contributed by atoms with E-state index in [1.165, 1.54) is 44.2 Å². The van der Waals surface area contributed by atoms with Gasteiger partial charge >= 0.3 is 0 Å². The Morgan fingerprint density at radius 1 is 1.29 bits per heavy atom. The van der Waals surface area contributed by atoms with E-state index >= 15 is 0 Å². The SMILES string of the molecule is CCCn1nccc1CNC1CCCCCC1. The predicted octanol–water partition coefficient (Wildman–Crippen LogP) is 3.11. The number of nitrogens with one attached hydrogen (secondary N) is 1. The fourth-order valence-corrected chi connectivity index (χ4v) is 2.66. The van der Waals surface area contributed by atoms with Gasteiger partial charge in [0.15, 0.2) is 0 Å². The Balaban J connectivity index is 1.81. The molecule has 0 aromatic carbocycles. The van der Waals surface area contributed by atoms with E-state index in [0.29, 0.717) is 0 Å². The lowest BCUT2D eigenvalue weighted by molar-refractivity contribution is 0.443. The number of hydrogen-bond acceptors (Lipinski definition) is 2. The number of aryl methyl sites for hydroxylation is 1. The molecular weight excluding hydrogens is 210 g/mol. The first-order valence-corrected chi connectivity index (χ1v) is 7.14. The molecule has 1 aliphatic carbocycles. The molecule has 1 N–H and O–H groups in total. The summed E-state index contributed by atoms with van der Waals surface area (Å²) in [7, 11) is 0. The summed E-state index contributed by atoms with van der Waals surface area (Å²) in [6.45, 7) is 4.21. The summed E-state index contributed by atoms with van der Waals surface area (Å²) in [5.74, 6) is 0. The second-order valence-corrected chi connectivity index (χ2v) is 5.12.